The zero-order valence-electron chi connectivity index (χ0n) is 23.8. The average molecular weight is 529 g/mol. The first-order chi connectivity index (χ1) is 18.6. The molecule has 0 bridgehead atoms. The zero-order chi connectivity index (χ0) is 26.5. The Bertz CT molecular complexity index is 897. The molecule has 4 heteroatoms. The second kappa shape index (κ2) is 13.3. The monoisotopic (exact) mass is 528 g/mol. The molecule has 1 aliphatic heterocycles. The Balaban J connectivity index is 1.03. The molecule has 0 aromatic heterocycles. The second-order valence-corrected chi connectivity index (χ2v) is 12.9. The molecule has 2 nitrogen and oxygen atoms in total. The molecule has 1 saturated heterocycles. The van der Waals surface area contributed by atoms with Crippen LogP contribution in [0, 0.1) is 47.1 Å². The highest BCUT2D eigenvalue weighted by molar-refractivity contribution is 5.33. The minimum absolute atomic E-state index is 0.0313. The minimum atomic E-state index is -0.821. The summed E-state index contributed by atoms with van der Waals surface area (Å²) >= 11 is 0. The fraction of sp³-hybridized carbons (Fsp3) is 0.765. The summed E-state index contributed by atoms with van der Waals surface area (Å²) in [6.07, 6.45) is 22.8. The van der Waals surface area contributed by atoms with E-state index in [0.29, 0.717) is 18.3 Å². The van der Waals surface area contributed by atoms with Gasteiger partial charge in [-0.1, -0.05) is 18.2 Å². The lowest BCUT2D eigenvalue weighted by molar-refractivity contribution is -0.0752. The molecule has 0 spiro atoms. The number of ether oxygens (including phenoxy) is 2. The molecule has 4 fully saturated rings. The molecule has 0 radical (unpaired) electrons. The van der Waals surface area contributed by atoms with Gasteiger partial charge in [-0.05, 0) is 157 Å². The Morgan fingerprint density at radius 1 is 0.737 bits per heavy atom. The molecule has 38 heavy (non-hydrogen) atoms. The van der Waals surface area contributed by atoms with Crippen molar-refractivity contribution in [1.29, 1.82) is 0 Å². The Labute approximate surface area is 229 Å². The van der Waals surface area contributed by atoms with Crippen molar-refractivity contribution in [2.75, 3.05) is 13.2 Å². The van der Waals surface area contributed by atoms with Crippen LogP contribution in [0.3, 0.4) is 0 Å². The van der Waals surface area contributed by atoms with Crippen LogP contribution in [0.15, 0.2) is 24.3 Å². The van der Waals surface area contributed by atoms with Gasteiger partial charge in [0.2, 0.25) is 5.82 Å². The number of allylic oxidation sites excluding steroid dienone is 2. The molecule has 1 aromatic carbocycles. The molecular weight excluding hydrogens is 478 g/mol. The zero-order valence-corrected chi connectivity index (χ0v) is 23.8. The minimum Gasteiger partial charge on any atom is -0.491 e. The summed E-state index contributed by atoms with van der Waals surface area (Å²) in [5, 5.41) is 0. The highest BCUT2D eigenvalue weighted by Crippen LogP contribution is 2.47. The van der Waals surface area contributed by atoms with Gasteiger partial charge in [0.15, 0.2) is 11.6 Å². The van der Waals surface area contributed by atoms with Crippen molar-refractivity contribution in [2.24, 2.45) is 35.5 Å². The highest BCUT2D eigenvalue weighted by atomic mass is 19.2. The van der Waals surface area contributed by atoms with E-state index in [1.165, 1.54) is 64.2 Å². The number of halogens is 2. The first-order valence-electron chi connectivity index (χ1n) is 15.9. The van der Waals surface area contributed by atoms with Crippen LogP contribution in [-0.2, 0) is 4.74 Å². The summed E-state index contributed by atoms with van der Waals surface area (Å²) in [5.41, 5.74) is 0.548. The van der Waals surface area contributed by atoms with Crippen LogP contribution in [0.5, 0.6) is 5.75 Å². The average Bonchev–Trinajstić information content (AvgIpc) is 2.97. The third kappa shape index (κ3) is 6.48. The molecule has 1 heterocycles. The molecule has 3 saturated carbocycles. The van der Waals surface area contributed by atoms with E-state index in [9.17, 15) is 8.78 Å². The van der Waals surface area contributed by atoms with Gasteiger partial charge >= 0.3 is 0 Å². The fourth-order valence-electron chi connectivity index (χ4n) is 8.64. The number of benzene rings is 1. The fourth-order valence-corrected chi connectivity index (χ4v) is 8.64. The van der Waals surface area contributed by atoms with Gasteiger partial charge in [-0.3, -0.25) is 0 Å². The van der Waals surface area contributed by atoms with E-state index in [0.717, 1.165) is 67.8 Å². The Hall–Kier alpha value is -1.42. The summed E-state index contributed by atoms with van der Waals surface area (Å²) in [4.78, 5) is 0. The number of hydrogen-bond acceptors (Lipinski definition) is 2. The van der Waals surface area contributed by atoms with Crippen molar-refractivity contribution in [3.05, 3.63) is 41.5 Å². The summed E-state index contributed by atoms with van der Waals surface area (Å²) in [6.45, 7) is 5.27. The molecule has 212 valence electrons. The van der Waals surface area contributed by atoms with Crippen molar-refractivity contribution < 1.29 is 18.3 Å². The first-order valence-corrected chi connectivity index (χ1v) is 15.9. The molecule has 0 N–H and O–H groups in total. The van der Waals surface area contributed by atoms with Crippen LogP contribution in [0.4, 0.5) is 8.78 Å². The third-order valence-electron chi connectivity index (χ3n) is 10.9. The molecule has 0 amide bonds. The largest absolute Gasteiger partial charge is 0.491 e. The maximum atomic E-state index is 14.7. The van der Waals surface area contributed by atoms with Gasteiger partial charge in [0.25, 0.3) is 0 Å². The lowest BCUT2D eigenvalue weighted by Gasteiger charge is -2.43. The van der Waals surface area contributed by atoms with Crippen LogP contribution in [-0.4, -0.2) is 19.3 Å². The smallest absolute Gasteiger partial charge is 0.200 e. The molecule has 3 aliphatic carbocycles. The van der Waals surface area contributed by atoms with Gasteiger partial charge in [-0.25, -0.2) is 4.39 Å². The molecule has 2 atom stereocenters. The van der Waals surface area contributed by atoms with Crippen LogP contribution in [0.2, 0.25) is 0 Å². The number of hydrogen-bond donors (Lipinski definition) is 0. The van der Waals surface area contributed by atoms with E-state index in [2.05, 4.69) is 19.1 Å². The first kappa shape index (κ1) is 28.1. The topological polar surface area (TPSA) is 18.5 Å². The molecule has 4 aliphatic rings. The van der Waals surface area contributed by atoms with E-state index in [-0.39, 0.29) is 11.7 Å². The van der Waals surface area contributed by atoms with Gasteiger partial charge in [-0.2, -0.15) is 4.39 Å². The molecular formula is C34H50F2O2. The quantitative estimate of drug-likeness (QED) is 0.328. The summed E-state index contributed by atoms with van der Waals surface area (Å²) in [6, 6.07) is 3.36. The predicted octanol–water partition coefficient (Wildman–Crippen LogP) is 9.62. The van der Waals surface area contributed by atoms with Crippen LogP contribution < -0.4 is 4.74 Å². The van der Waals surface area contributed by atoms with Crippen molar-refractivity contribution in [2.45, 2.75) is 116 Å². The maximum absolute atomic E-state index is 14.7. The third-order valence-corrected chi connectivity index (χ3v) is 10.9. The van der Waals surface area contributed by atoms with E-state index >= 15 is 0 Å². The highest BCUT2D eigenvalue weighted by Gasteiger charge is 2.37. The van der Waals surface area contributed by atoms with Crippen LogP contribution in [0.1, 0.15) is 115 Å². The van der Waals surface area contributed by atoms with Crippen molar-refractivity contribution >= 4 is 0 Å². The predicted molar refractivity (Wildman–Crippen MR) is 150 cm³/mol. The Morgan fingerprint density at radius 3 is 1.92 bits per heavy atom. The lowest BCUT2D eigenvalue weighted by atomic mass is 9.67. The standard InChI is InChI=1S/C34H50F2O2/c1-3-5-23-6-8-26(9-7-23)29-18-20-31(38-22-29)28-16-12-25(13-17-28)24-10-14-27(15-11-24)30-19-21-32(37-4-2)34(36)33(30)35/h3,5,19,21,23-29,31H,4,6-18,20,22H2,1-2H3/b5-3+. The van der Waals surface area contributed by atoms with Crippen molar-refractivity contribution in [1.82, 2.24) is 0 Å². The van der Waals surface area contributed by atoms with Gasteiger partial charge in [-0.15, -0.1) is 0 Å². The Morgan fingerprint density at radius 2 is 1.32 bits per heavy atom. The van der Waals surface area contributed by atoms with E-state index in [1.54, 1.807) is 19.1 Å². The van der Waals surface area contributed by atoms with Crippen molar-refractivity contribution in [3.8, 4) is 5.75 Å². The maximum Gasteiger partial charge on any atom is 0.200 e. The molecule has 1 aromatic rings. The molecule has 5 rings (SSSR count). The van der Waals surface area contributed by atoms with Crippen LogP contribution >= 0.6 is 0 Å². The van der Waals surface area contributed by atoms with Gasteiger partial charge < -0.3 is 9.47 Å². The summed E-state index contributed by atoms with van der Waals surface area (Å²) < 4.78 is 40.9. The normalized spacial score (nSPS) is 36.8. The van der Waals surface area contributed by atoms with Gasteiger partial charge in [0, 0.05) is 0 Å². The second-order valence-electron chi connectivity index (χ2n) is 12.9. The number of rotatable bonds is 7. The van der Waals surface area contributed by atoms with Crippen LogP contribution in [0.25, 0.3) is 0 Å². The summed E-state index contributed by atoms with van der Waals surface area (Å²) in [7, 11) is 0. The Kier molecular flexibility index (Phi) is 9.84. The van der Waals surface area contributed by atoms with Gasteiger partial charge in [0.1, 0.15) is 0 Å². The summed E-state index contributed by atoms with van der Waals surface area (Å²) in [5.74, 6) is 3.43. The van der Waals surface area contributed by atoms with E-state index < -0.39 is 11.6 Å². The SMILES string of the molecule is C/C=C/C1CCC(C2CCC(C3CCC(C4CCC(c5ccc(OCC)c(F)c5F)CC4)CC3)OC2)CC1. The van der Waals surface area contributed by atoms with E-state index in [4.69, 9.17) is 9.47 Å². The van der Waals surface area contributed by atoms with Gasteiger partial charge in [0.05, 0.1) is 19.3 Å². The van der Waals surface area contributed by atoms with E-state index in [1.807, 2.05) is 0 Å². The lowest BCUT2D eigenvalue weighted by Crippen LogP contribution is -2.37. The van der Waals surface area contributed by atoms with Crippen molar-refractivity contribution in [3.63, 3.8) is 0 Å². The molecule has 2 unspecified atom stereocenters.